The van der Waals surface area contributed by atoms with Crippen molar-refractivity contribution in [3.8, 4) is 16.9 Å². The van der Waals surface area contributed by atoms with E-state index in [9.17, 15) is 5.11 Å². The minimum absolute atomic E-state index is 0.302. The maximum absolute atomic E-state index is 10.5. The van der Waals surface area contributed by atoms with Crippen LogP contribution in [0.3, 0.4) is 0 Å². The first-order valence-corrected chi connectivity index (χ1v) is 13.5. The van der Waals surface area contributed by atoms with Crippen molar-refractivity contribution in [1.29, 1.82) is 0 Å². The third-order valence-electron chi connectivity index (χ3n) is 8.60. The average Bonchev–Trinajstić information content (AvgIpc) is 3.23. The molecule has 0 atom stereocenters. The Kier molecular flexibility index (Phi) is 4.72. The summed E-state index contributed by atoms with van der Waals surface area (Å²) >= 11 is 0. The van der Waals surface area contributed by atoms with Gasteiger partial charge in [-0.25, -0.2) is 0 Å². The molecule has 7 aromatic rings. The Hall–Kier alpha value is -4.88. The minimum atomic E-state index is -0.420. The summed E-state index contributed by atoms with van der Waals surface area (Å²) in [5.74, 6) is 0.302. The molecule has 8 rings (SSSR count). The van der Waals surface area contributed by atoms with Crippen molar-refractivity contribution in [3.63, 3.8) is 0 Å². The highest BCUT2D eigenvalue weighted by atomic mass is 16.3. The summed E-state index contributed by atoms with van der Waals surface area (Å²) in [6.07, 6.45) is 0.746. The lowest BCUT2D eigenvalue weighted by Gasteiger charge is -2.34. The molecular formula is C38H26O. The number of rotatable bonds is 3. The van der Waals surface area contributed by atoms with E-state index in [0.717, 1.165) is 12.0 Å². The van der Waals surface area contributed by atoms with E-state index >= 15 is 0 Å². The summed E-state index contributed by atoms with van der Waals surface area (Å²) in [5.41, 5.74) is 7.20. The van der Waals surface area contributed by atoms with Crippen molar-refractivity contribution in [2.24, 2.45) is 0 Å². The third-order valence-corrected chi connectivity index (χ3v) is 8.60. The molecule has 1 aliphatic rings. The van der Waals surface area contributed by atoms with Gasteiger partial charge in [0.2, 0.25) is 0 Å². The molecule has 0 fully saturated rings. The van der Waals surface area contributed by atoms with Gasteiger partial charge in [-0.1, -0.05) is 97.1 Å². The molecule has 0 amide bonds. The first-order valence-electron chi connectivity index (χ1n) is 13.5. The van der Waals surface area contributed by atoms with Crippen LogP contribution in [0.25, 0.3) is 43.4 Å². The number of benzene rings is 7. The summed E-state index contributed by atoms with van der Waals surface area (Å²) in [4.78, 5) is 0. The van der Waals surface area contributed by atoms with Gasteiger partial charge in [0.05, 0.1) is 5.41 Å². The van der Waals surface area contributed by atoms with E-state index < -0.39 is 5.41 Å². The summed E-state index contributed by atoms with van der Waals surface area (Å²) < 4.78 is 0. The van der Waals surface area contributed by atoms with Crippen LogP contribution in [0.2, 0.25) is 0 Å². The molecule has 0 aromatic heterocycles. The zero-order valence-electron chi connectivity index (χ0n) is 21.4. The van der Waals surface area contributed by atoms with E-state index in [1.165, 1.54) is 60.1 Å². The Morgan fingerprint density at radius 1 is 0.436 bits per heavy atom. The second-order valence-electron chi connectivity index (χ2n) is 10.8. The van der Waals surface area contributed by atoms with E-state index in [1.807, 2.05) is 12.1 Å². The van der Waals surface area contributed by atoms with E-state index in [0.29, 0.717) is 5.75 Å². The maximum Gasteiger partial charge on any atom is 0.115 e. The molecule has 0 saturated heterocycles. The number of hydrogen-bond donors (Lipinski definition) is 1. The smallest absolute Gasteiger partial charge is 0.115 e. The number of phenolic OH excluding ortho intramolecular Hbond substituents is 1. The van der Waals surface area contributed by atoms with Gasteiger partial charge in [0.15, 0.2) is 0 Å². The number of fused-ring (bicyclic) bond motifs is 6. The predicted octanol–water partition coefficient (Wildman–Crippen LogP) is 9.41. The average molecular weight is 499 g/mol. The molecule has 1 heteroatoms. The number of aromatic hydroxyl groups is 1. The van der Waals surface area contributed by atoms with Crippen LogP contribution in [-0.2, 0) is 11.8 Å². The fourth-order valence-corrected chi connectivity index (χ4v) is 6.81. The first kappa shape index (κ1) is 22.1. The predicted molar refractivity (Wildman–Crippen MR) is 163 cm³/mol. The fourth-order valence-electron chi connectivity index (χ4n) is 6.81. The van der Waals surface area contributed by atoms with E-state index in [4.69, 9.17) is 0 Å². The van der Waals surface area contributed by atoms with Crippen LogP contribution < -0.4 is 0 Å². The molecule has 184 valence electrons. The van der Waals surface area contributed by atoms with Gasteiger partial charge in [-0.15, -0.1) is 0 Å². The van der Waals surface area contributed by atoms with Crippen LogP contribution in [0.15, 0.2) is 140 Å². The lowest BCUT2D eigenvalue weighted by molar-refractivity contribution is 0.473. The molecule has 0 unspecified atom stereocenters. The van der Waals surface area contributed by atoms with E-state index in [2.05, 4.69) is 121 Å². The van der Waals surface area contributed by atoms with Crippen molar-refractivity contribution in [3.05, 3.63) is 162 Å². The Labute approximate surface area is 227 Å². The number of hydrogen-bond acceptors (Lipinski definition) is 1. The van der Waals surface area contributed by atoms with Crippen molar-refractivity contribution in [1.82, 2.24) is 0 Å². The highest BCUT2D eigenvalue weighted by Crippen LogP contribution is 2.56. The molecule has 0 bridgehead atoms. The van der Waals surface area contributed by atoms with Crippen LogP contribution in [0, 0.1) is 0 Å². The zero-order chi connectivity index (χ0) is 26.0. The fraction of sp³-hybridized carbons (Fsp3) is 0.0526. The monoisotopic (exact) mass is 498 g/mol. The topological polar surface area (TPSA) is 20.2 Å². The van der Waals surface area contributed by atoms with Gasteiger partial charge < -0.3 is 5.11 Å². The van der Waals surface area contributed by atoms with Crippen molar-refractivity contribution < 1.29 is 5.11 Å². The van der Waals surface area contributed by atoms with E-state index in [1.54, 1.807) is 6.07 Å². The highest BCUT2D eigenvalue weighted by molar-refractivity contribution is 5.99. The summed E-state index contributed by atoms with van der Waals surface area (Å²) in [7, 11) is 0. The van der Waals surface area contributed by atoms with Crippen molar-refractivity contribution in [2.45, 2.75) is 11.8 Å². The molecule has 0 aliphatic heterocycles. The molecule has 0 heterocycles. The lowest BCUT2D eigenvalue weighted by Crippen LogP contribution is -2.30. The van der Waals surface area contributed by atoms with Crippen molar-refractivity contribution >= 4 is 32.3 Å². The minimum Gasteiger partial charge on any atom is -0.508 e. The summed E-state index contributed by atoms with van der Waals surface area (Å²) in [6.45, 7) is 0. The number of phenols is 1. The van der Waals surface area contributed by atoms with Gasteiger partial charge in [0.1, 0.15) is 5.75 Å². The summed E-state index contributed by atoms with van der Waals surface area (Å²) in [5, 5.41) is 17.9. The normalized spacial score (nSPS) is 13.5. The zero-order valence-corrected chi connectivity index (χ0v) is 21.4. The van der Waals surface area contributed by atoms with Crippen LogP contribution in [0.4, 0.5) is 0 Å². The van der Waals surface area contributed by atoms with Gasteiger partial charge >= 0.3 is 0 Å². The standard InChI is InChI=1S/C38H26O/c39-33-15-7-8-25(18-33)24-38(32-17-16-26-9-1-2-10-27(26)19-32)36-22-30-13-5-3-11-28(30)20-34(36)35-21-29-12-4-6-14-31(29)23-37(35)38/h1-23,39H,24H2. The van der Waals surface area contributed by atoms with E-state index in [-0.39, 0.29) is 0 Å². The quantitative estimate of drug-likeness (QED) is 0.257. The Balaban J connectivity index is 1.53. The van der Waals surface area contributed by atoms with Crippen LogP contribution >= 0.6 is 0 Å². The molecule has 1 nitrogen and oxygen atoms in total. The van der Waals surface area contributed by atoms with Crippen LogP contribution in [0.5, 0.6) is 5.75 Å². The van der Waals surface area contributed by atoms with Crippen molar-refractivity contribution in [2.75, 3.05) is 0 Å². The molecule has 0 spiro atoms. The van der Waals surface area contributed by atoms with Gasteiger partial charge in [-0.05, 0) is 115 Å². The second kappa shape index (κ2) is 8.31. The molecule has 1 aliphatic carbocycles. The van der Waals surface area contributed by atoms with Gasteiger partial charge in [0.25, 0.3) is 0 Å². The third kappa shape index (κ3) is 3.33. The SMILES string of the molecule is Oc1cccc(CC2(c3ccc4ccccc4c3)c3cc4ccccc4cc3-c3cc4ccccc4cc32)c1. The second-order valence-corrected chi connectivity index (χ2v) is 10.8. The van der Waals surface area contributed by atoms with Gasteiger partial charge in [-0.3, -0.25) is 0 Å². The Morgan fingerprint density at radius 2 is 0.949 bits per heavy atom. The molecule has 7 aromatic carbocycles. The largest absolute Gasteiger partial charge is 0.508 e. The summed E-state index contributed by atoms with van der Waals surface area (Å²) in [6, 6.07) is 50.2. The van der Waals surface area contributed by atoms with Gasteiger partial charge in [0, 0.05) is 0 Å². The highest BCUT2D eigenvalue weighted by Gasteiger charge is 2.45. The lowest BCUT2D eigenvalue weighted by atomic mass is 9.68. The van der Waals surface area contributed by atoms with Gasteiger partial charge in [-0.2, -0.15) is 0 Å². The Bertz CT molecular complexity index is 1980. The van der Waals surface area contributed by atoms with Crippen LogP contribution in [0.1, 0.15) is 22.3 Å². The first-order chi connectivity index (χ1) is 19.2. The Morgan fingerprint density at radius 3 is 1.51 bits per heavy atom. The maximum atomic E-state index is 10.5. The molecule has 0 radical (unpaired) electrons. The molecule has 0 saturated carbocycles. The van der Waals surface area contributed by atoms with Crippen LogP contribution in [-0.4, -0.2) is 5.11 Å². The molecule has 39 heavy (non-hydrogen) atoms. The molecular weight excluding hydrogens is 472 g/mol. The molecule has 1 N–H and O–H groups in total.